The molecular weight excluding hydrogens is 352 g/mol. The predicted molar refractivity (Wildman–Crippen MR) is 111 cm³/mol. The van der Waals surface area contributed by atoms with Crippen molar-refractivity contribution in [3.8, 4) is 11.5 Å². The van der Waals surface area contributed by atoms with E-state index in [0.29, 0.717) is 5.75 Å². The van der Waals surface area contributed by atoms with E-state index in [1.165, 1.54) is 0 Å². The van der Waals surface area contributed by atoms with E-state index in [1.807, 2.05) is 86.6 Å². The van der Waals surface area contributed by atoms with Crippen molar-refractivity contribution in [2.24, 2.45) is 5.16 Å². The molecule has 0 atom stereocenters. The topological polar surface area (TPSA) is 59.9 Å². The number of hydrogen-bond donors (Lipinski definition) is 1. The smallest absolute Gasteiger partial charge is 0.265 e. The molecule has 0 radical (unpaired) electrons. The minimum atomic E-state index is -0.254. The summed E-state index contributed by atoms with van der Waals surface area (Å²) in [6.45, 7) is 3.74. The first-order valence-electron chi connectivity index (χ1n) is 8.96. The summed E-state index contributed by atoms with van der Waals surface area (Å²) in [6, 6.07) is 22.8. The van der Waals surface area contributed by atoms with Crippen LogP contribution < -0.4 is 10.1 Å². The molecule has 142 valence electrons. The largest absolute Gasteiger partial charge is 0.457 e. The number of hydrogen-bond acceptors (Lipinski definition) is 4. The van der Waals surface area contributed by atoms with Gasteiger partial charge in [0.2, 0.25) is 0 Å². The van der Waals surface area contributed by atoms with Crippen LogP contribution in [-0.4, -0.2) is 18.7 Å². The Hall–Kier alpha value is -3.60. The molecule has 5 heteroatoms. The second kappa shape index (κ2) is 9.37. The van der Waals surface area contributed by atoms with Crippen molar-refractivity contribution < 1.29 is 14.4 Å². The second-order valence-corrected chi connectivity index (χ2v) is 6.31. The number of carbonyl (C=O) groups excluding carboxylic acids is 1. The van der Waals surface area contributed by atoms with Crippen molar-refractivity contribution in [2.45, 2.75) is 13.8 Å². The summed E-state index contributed by atoms with van der Waals surface area (Å²) in [5.41, 5.74) is 3.63. The number of rotatable bonds is 7. The number of anilines is 1. The van der Waals surface area contributed by atoms with Gasteiger partial charge in [-0.25, -0.2) is 0 Å². The first-order valence-corrected chi connectivity index (χ1v) is 8.96. The molecule has 0 bridgehead atoms. The lowest BCUT2D eigenvalue weighted by Gasteiger charge is -2.10. The number of ether oxygens (including phenoxy) is 1. The highest BCUT2D eigenvalue weighted by atomic mass is 16.6. The Morgan fingerprint density at radius 3 is 2.36 bits per heavy atom. The summed E-state index contributed by atoms with van der Waals surface area (Å²) in [7, 11) is 0. The van der Waals surface area contributed by atoms with Gasteiger partial charge in [0.1, 0.15) is 11.5 Å². The first kappa shape index (κ1) is 19.2. The molecule has 0 aliphatic heterocycles. The van der Waals surface area contributed by atoms with Crippen molar-refractivity contribution >= 4 is 17.8 Å². The molecule has 0 fully saturated rings. The third kappa shape index (κ3) is 5.45. The number of aryl methyl sites for hydroxylation is 2. The fourth-order valence-electron chi connectivity index (χ4n) is 2.66. The first-order chi connectivity index (χ1) is 13.6. The predicted octanol–water partition coefficient (Wildman–Crippen LogP) is 5.08. The zero-order valence-corrected chi connectivity index (χ0v) is 15.9. The average molecular weight is 374 g/mol. The molecule has 1 amide bonds. The molecule has 0 saturated heterocycles. The van der Waals surface area contributed by atoms with Gasteiger partial charge in [0.25, 0.3) is 5.91 Å². The number of para-hydroxylation sites is 2. The fraction of sp³-hybridized carbons (Fsp3) is 0.130. The van der Waals surface area contributed by atoms with E-state index in [9.17, 15) is 4.79 Å². The molecule has 0 aliphatic carbocycles. The van der Waals surface area contributed by atoms with Gasteiger partial charge in [0.15, 0.2) is 6.61 Å². The Kier molecular flexibility index (Phi) is 6.41. The molecule has 3 aromatic carbocycles. The minimum absolute atomic E-state index is 0.162. The van der Waals surface area contributed by atoms with Crippen LogP contribution in [0.1, 0.15) is 16.7 Å². The van der Waals surface area contributed by atoms with Crippen LogP contribution in [0, 0.1) is 13.8 Å². The summed E-state index contributed by atoms with van der Waals surface area (Å²) in [5.74, 6) is 1.20. The number of carbonyl (C=O) groups is 1. The Morgan fingerprint density at radius 1 is 0.929 bits per heavy atom. The van der Waals surface area contributed by atoms with Crippen molar-refractivity contribution in [3.05, 3.63) is 89.5 Å². The van der Waals surface area contributed by atoms with Crippen LogP contribution in [0.2, 0.25) is 0 Å². The summed E-state index contributed by atoms with van der Waals surface area (Å²) in [5, 5.41) is 6.73. The maximum absolute atomic E-state index is 12.1. The molecule has 3 rings (SSSR count). The zero-order chi connectivity index (χ0) is 19.8. The maximum atomic E-state index is 12.1. The summed E-state index contributed by atoms with van der Waals surface area (Å²) < 4.78 is 5.79. The number of nitrogens with one attached hydrogen (secondary N) is 1. The maximum Gasteiger partial charge on any atom is 0.265 e. The molecule has 0 unspecified atom stereocenters. The SMILES string of the molecule is Cc1cccc(C)c1NC(=O)CO/N=C\c1cccc(Oc2ccccc2)c1. The van der Waals surface area contributed by atoms with Gasteiger partial charge >= 0.3 is 0 Å². The number of benzene rings is 3. The third-order valence-corrected chi connectivity index (χ3v) is 4.05. The molecule has 0 spiro atoms. The lowest BCUT2D eigenvalue weighted by atomic mass is 10.1. The van der Waals surface area contributed by atoms with E-state index in [2.05, 4.69) is 10.5 Å². The molecule has 0 heterocycles. The van der Waals surface area contributed by atoms with Gasteiger partial charge < -0.3 is 14.9 Å². The second-order valence-electron chi connectivity index (χ2n) is 6.31. The van der Waals surface area contributed by atoms with Crippen molar-refractivity contribution in [2.75, 3.05) is 11.9 Å². The Balaban J connectivity index is 1.52. The van der Waals surface area contributed by atoms with E-state index in [-0.39, 0.29) is 12.5 Å². The van der Waals surface area contributed by atoms with E-state index in [0.717, 1.165) is 28.1 Å². The highest BCUT2D eigenvalue weighted by Crippen LogP contribution is 2.21. The van der Waals surface area contributed by atoms with Crippen molar-refractivity contribution in [1.82, 2.24) is 0 Å². The van der Waals surface area contributed by atoms with Crippen LogP contribution in [0.4, 0.5) is 5.69 Å². The molecule has 0 saturated carbocycles. The quantitative estimate of drug-likeness (QED) is 0.463. The van der Waals surface area contributed by atoms with Gasteiger partial charge in [0, 0.05) is 5.69 Å². The van der Waals surface area contributed by atoms with Crippen LogP contribution in [0.25, 0.3) is 0 Å². The third-order valence-electron chi connectivity index (χ3n) is 4.05. The molecule has 5 nitrogen and oxygen atoms in total. The van der Waals surface area contributed by atoms with Gasteiger partial charge in [-0.3, -0.25) is 4.79 Å². The van der Waals surface area contributed by atoms with E-state index < -0.39 is 0 Å². The lowest BCUT2D eigenvalue weighted by Crippen LogP contribution is -2.18. The van der Waals surface area contributed by atoms with Crippen LogP contribution in [-0.2, 0) is 9.63 Å². The Bertz CT molecular complexity index is 948. The monoisotopic (exact) mass is 374 g/mol. The highest BCUT2D eigenvalue weighted by molar-refractivity contribution is 5.93. The van der Waals surface area contributed by atoms with E-state index >= 15 is 0 Å². The van der Waals surface area contributed by atoms with E-state index in [1.54, 1.807) is 6.21 Å². The normalized spacial score (nSPS) is 10.6. The van der Waals surface area contributed by atoms with Gasteiger partial charge in [0.05, 0.1) is 6.21 Å². The van der Waals surface area contributed by atoms with Crippen LogP contribution >= 0.6 is 0 Å². The van der Waals surface area contributed by atoms with Crippen LogP contribution in [0.15, 0.2) is 78.0 Å². The van der Waals surface area contributed by atoms with Crippen LogP contribution in [0.5, 0.6) is 11.5 Å². The minimum Gasteiger partial charge on any atom is -0.457 e. The molecular formula is C23H22N2O3. The highest BCUT2D eigenvalue weighted by Gasteiger charge is 2.07. The van der Waals surface area contributed by atoms with Gasteiger partial charge in [-0.05, 0) is 54.8 Å². The van der Waals surface area contributed by atoms with Gasteiger partial charge in [-0.2, -0.15) is 0 Å². The number of amides is 1. The lowest BCUT2D eigenvalue weighted by molar-refractivity contribution is -0.120. The standard InChI is InChI=1S/C23H22N2O3/c1-17-8-6-9-18(2)23(17)25-22(26)16-27-24-15-19-10-7-13-21(14-19)28-20-11-4-3-5-12-20/h3-15H,16H2,1-2H3,(H,25,26)/b24-15-. The van der Waals surface area contributed by atoms with Gasteiger partial charge in [-0.1, -0.05) is 53.7 Å². The molecule has 1 N–H and O–H groups in total. The van der Waals surface area contributed by atoms with E-state index in [4.69, 9.17) is 9.57 Å². The number of nitrogens with zero attached hydrogens (tertiary/aromatic N) is 1. The molecule has 28 heavy (non-hydrogen) atoms. The number of oxime groups is 1. The molecule has 3 aromatic rings. The summed E-state index contributed by atoms with van der Waals surface area (Å²) in [6.07, 6.45) is 1.55. The van der Waals surface area contributed by atoms with Crippen molar-refractivity contribution in [1.29, 1.82) is 0 Å². The average Bonchev–Trinajstić information content (AvgIpc) is 2.69. The Labute approximate surface area is 164 Å². The van der Waals surface area contributed by atoms with Crippen LogP contribution in [0.3, 0.4) is 0 Å². The van der Waals surface area contributed by atoms with Gasteiger partial charge in [-0.15, -0.1) is 0 Å². The zero-order valence-electron chi connectivity index (χ0n) is 15.9. The summed E-state index contributed by atoms with van der Waals surface area (Å²) in [4.78, 5) is 17.2. The van der Waals surface area contributed by atoms with Crippen molar-refractivity contribution in [3.63, 3.8) is 0 Å². The fourth-order valence-corrected chi connectivity index (χ4v) is 2.66. The summed E-state index contributed by atoms with van der Waals surface area (Å²) >= 11 is 0. The molecule has 0 aliphatic rings. The Morgan fingerprint density at radius 2 is 1.61 bits per heavy atom. The molecule has 0 aromatic heterocycles.